The Morgan fingerprint density at radius 3 is 2.79 bits per heavy atom. The maximum Gasteiger partial charge on any atom is 0.280 e. The van der Waals surface area contributed by atoms with E-state index in [2.05, 4.69) is 10.3 Å². The van der Waals surface area contributed by atoms with Crippen LogP contribution in [-0.2, 0) is 0 Å². The van der Waals surface area contributed by atoms with Gasteiger partial charge in [0.05, 0.1) is 0 Å². The summed E-state index contributed by atoms with van der Waals surface area (Å²) >= 11 is 0. The van der Waals surface area contributed by atoms with Crippen molar-refractivity contribution in [2.24, 2.45) is 0 Å². The standard InChI is InChI=1S/C10H12F2N2/c11-10(12)9-2-1-7(6-14-9)8-3-4-13-5-8/h1-2,6,8,10,13H,3-5H2. The smallest absolute Gasteiger partial charge is 0.280 e. The minimum absolute atomic E-state index is 0.139. The van der Waals surface area contributed by atoms with Gasteiger partial charge in [-0.05, 0) is 30.5 Å². The van der Waals surface area contributed by atoms with E-state index in [1.807, 2.05) is 0 Å². The van der Waals surface area contributed by atoms with Gasteiger partial charge < -0.3 is 5.32 Å². The van der Waals surface area contributed by atoms with Crippen LogP contribution in [0.2, 0.25) is 0 Å². The molecule has 1 aromatic rings. The van der Waals surface area contributed by atoms with Crippen molar-refractivity contribution in [3.8, 4) is 0 Å². The van der Waals surface area contributed by atoms with Gasteiger partial charge in [-0.1, -0.05) is 6.07 Å². The van der Waals surface area contributed by atoms with Crippen LogP contribution in [0, 0.1) is 0 Å². The first-order valence-corrected chi connectivity index (χ1v) is 4.72. The van der Waals surface area contributed by atoms with Gasteiger partial charge in [0.15, 0.2) is 0 Å². The van der Waals surface area contributed by atoms with Gasteiger partial charge in [-0.3, -0.25) is 4.98 Å². The normalized spacial score (nSPS) is 21.8. The van der Waals surface area contributed by atoms with Crippen molar-refractivity contribution in [1.82, 2.24) is 10.3 Å². The predicted molar refractivity (Wildman–Crippen MR) is 49.4 cm³/mol. The lowest BCUT2D eigenvalue weighted by molar-refractivity contribution is 0.146. The maximum atomic E-state index is 12.2. The van der Waals surface area contributed by atoms with Gasteiger partial charge in [0.1, 0.15) is 5.69 Å². The van der Waals surface area contributed by atoms with Crippen LogP contribution in [0.25, 0.3) is 0 Å². The van der Waals surface area contributed by atoms with Crippen LogP contribution in [0.1, 0.15) is 30.0 Å². The van der Waals surface area contributed by atoms with Gasteiger partial charge in [-0.15, -0.1) is 0 Å². The number of rotatable bonds is 2. The van der Waals surface area contributed by atoms with Gasteiger partial charge in [-0.2, -0.15) is 0 Å². The van der Waals surface area contributed by atoms with Gasteiger partial charge in [0, 0.05) is 12.7 Å². The molecule has 1 aliphatic rings. The Morgan fingerprint density at radius 2 is 2.29 bits per heavy atom. The fraction of sp³-hybridized carbons (Fsp3) is 0.500. The maximum absolute atomic E-state index is 12.2. The molecule has 76 valence electrons. The second-order valence-electron chi connectivity index (χ2n) is 3.51. The molecule has 0 bridgehead atoms. The Morgan fingerprint density at radius 1 is 1.43 bits per heavy atom. The molecule has 1 fully saturated rings. The van der Waals surface area contributed by atoms with Crippen molar-refractivity contribution in [1.29, 1.82) is 0 Å². The fourth-order valence-corrected chi connectivity index (χ4v) is 1.73. The van der Waals surface area contributed by atoms with E-state index in [0.29, 0.717) is 5.92 Å². The molecule has 2 heterocycles. The first kappa shape index (κ1) is 9.52. The number of aromatic nitrogens is 1. The second-order valence-corrected chi connectivity index (χ2v) is 3.51. The van der Waals surface area contributed by atoms with E-state index < -0.39 is 6.43 Å². The number of nitrogens with one attached hydrogen (secondary N) is 1. The highest BCUT2D eigenvalue weighted by Gasteiger charge is 2.17. The van der Waals surface area contributed by atoms with Crippen LogP contribution in [-0.4, -0.2) is 18.1 Å². The van der Waals surface area contributed by atoms with Crippen LogP contribution < -0.4 is 5.32 Å². The van der Waals surface area contributed by atoms with E-state index in [4.69, 9.17) is 0 Å². The zero-order valence-corrected chi connectivity index (χ0v) is 7.71. The number of hydrogen-bond acceptors (Lipinski definition) is 2. The summed E-state index contributed by atoms with van der Waals surface area (Å²) in [4.78, 5) is 3.74. The Kier molecular flexibility index (Phi) is 2.72. The lowest BCUT2D eigenvalue weighted by Crippen LogP contribution is -2.08. The Balaban J connectivity index is 2.12. The average molecular weight is 198 g/mol. The van der Waals surface area contributed by atoms with Crippen molar-refractivity contribution in [2.75, 3.05) is 13.1 Å². The lowest BCUT2D eigenvalue weighted by Gasteiger charge is -2.08. The minimum Gasteiger partial charge on any atom is -0.316 e. The Bertz CT molecular complexity index is 291. The molecule has 0 aliphatic carbocycles. The number of pyridine rings is 1. The summed E-state index contributed by atoms with van der Waals surface area (Å²) in [6, 6.07) is 3.17. The monoisotopic (exact) mass is 198 g/mol. The molecular weight excluding hydrogens is 186 g/mol. The van der Waals surface area contributed by atoms with Crippen molar-refractivity contribution in [3.63, 3.8) is 0 Å². The molecule has 0 spiro atoms. The molecule has 1 saturated heterocycles. The third-order valence-corrected chi connectivity index (χ3v) is 2.56. The largest absolute Gasteiger partial charge is 0.316 e. The summed E-state index contributed by atoms with van der Waals surface area (Å²) in [5.74, 6) is 0.439. The summed E-state index contributed by atoms with van der Waals surface area (Å²) in [6.07, 6.45) is 0.167. The molecule has 1 N–H and O–H groups in total. The first-order chi connectivity index (χ1) is 6.77. The summed E-state index contributed by atoms with van der Waals surface area (Å²) in [5.41, 5.74) is 0.916. The van der Waals surface area contributed by atoms with E-state index >= 15 is 0 Å². The molecule has 2 rings (SSSR count). The number of halogens is 2. The topological polar surface area (TPSA) is 24.9 Å². The highest BCUT2D eigenvalue weighted by Crippen LogP contribution is 2.23. The SMILES string of the molecule is FC(F)c1ccc(C2CCNC2)cn1. The third kappa shape index (κ3) is 1.90. The first-order valence-electron chi connectivity index (χ1n) is 4.72. The molecule has 0 radical (unpaired) electrons. The molecule has 1 aromatic heterocycles. The quantitative estimate of drug-likeness (QED) is 0.787. The molecule has 2 nitrogen and oxygen atoms in total. The summed E-state index contributed by atoms with van der Waals surface area (Å²) in [5, 5.41) is 3.23. The lowest BCUT2D eigenvalue weighted by atomic mass is 10.0. The molecule has 1 aliphatic heterocycles. The Hall–Kier alpha value is -1.03. The van der Waals surface area contributed by atoms with E-state index in [1.54, 1.807) is 12.3 Å². The zero-order chi connectivity index (χ0) is 9.97. The molecule has 4 heteroatoms. The molecule has 0 aromatic carbocycles. The van der Waals surface area contributed by atoms with Crippen molar-refractivity contribution in [3.05, 3.63) is 29.6 Å². The number of alkyl halides is 2. The Labute approximate surface area is 81.4 Å². The molecule has 1 unspecified atom stereocenters. The van der Waals surface area contributed by atoms with Crippen LogP contribution in [0.4, 0.5) is 8.78 Å². The van der Waals surface area contributed by atoms with E-state index in [9.17, 15) is 8.78 Å². The van der Waals surface area contributed by atoms with Crippen molar-refractivity contribution >= 4 is 0 Å². The van der Waals surface area contributed by atoms with Gasteiger partial charge in [-0.25, -0.2) is 8.78 Å². The van der Waals surface area contributed by atoms with Crippen LogP contribution in [0.5, 0.6) is 0 Å². The van der Waals surface area contributed by atoms with E-state index in [0.717, 1.165) is 25.1 Å². The molecular formula is C10H12F2N2. The fourth-order valence-electron chi connectivity index (χ4n) is 1.73. The van der Waals surface area contributed by atoms with Crippen LogP contribution >= 0.6 is 0 Å². The second kappa shape index (κ2) is 4.00. The average Bonchev–Trinajstić information content (AvgIpc) is 2.71. The summed E-state index contributed by atoms with van der Waals surface area (Å²) < 4.78 is 24.4. The third-order valence-electron chi connectivity index (χ3n) is 2.56. The van der Waals surface area contributed by atoms with E-state index in [1.165, 1.54) is 6.07 Å². The van der Waals surface area contributed by atoms with Crippen molar-refractivity contribution in [2.45, 2.75) is 18.8 Å². The number of nitrogens with zero attached hydrogens (tertiary/aromatic N) is 1. The molecule has 0 saturated carbocycles. The molecule has 14 heavy (non-hydrogen) atoms. The predicted octanol–water partition coefficient (Wildman–Crippen LogP) is 2.10. The summed E-state index contributed by atoms with van der Waals surface area (Å²) in [7, 11) is 0. The molecule has 0 amide bonds. The minimum atomic E-state index is -2.47. The van der Waals surface area contributed by atoms with Crippen LogP contribution in [0.3, 0.4) is 0 Å². The van der Waals surface area contributed by atoms with Gasteiger partial charge >= 0.3 is 0 Å². The highest BCUT2D eigenvalue weighted by atomic mass is 19.3. The zero-order valence-electron chi connectivity index (χ0n) is 7.71. The van der Waals surface area contributed by atoms with Crippen LogP contribution in [0.15, 0.2) is 18.3 Å². The molecule has 1 atom stereocenters. The van der Waals surface area contributed by atoms with Crippen molar-refractivity contribution < 1.29 is 8.78 Å². The summed E-state index contributed by atoms with van der Waals surface area (Å²) in [6.45, 7) is 1.93. The van der Waals surface area contributed by atoms with Gasteiger partial charge in [0.2, 0.25) is 0 Å². The van der Waals surface area contributed by atoms with Gasteiger partial charge in [0.25, 0.3) is 6.43 Å². The number of hydrogen-bond donors (Lipinski definition) is 1. The highest BCUT2D eigenvalue weighted by molar-refractivity contribution is 5.20. The van der Waals surface area contributed by atoms with E-state index in [-0.39, 0.29) is 5.69 Å².